The average Bonchev–Trinajstić information content (AvgIpc) is 2.48. The minimum atomic E-state index is -4.47. The Balaban J connectivity index is 2.02. The van der Waals surface area contributed by atoms with Crippen LogP contribution < -0.4 is 15.4 Å². The first-order valence-corrected chi connectivity index (χ1v) is 8.60. The quantitative estimate of drug-likeness (QED) is 0.716. The third-order valence-corrected chi connectivity index (χ3v) is 4.40. The maximum atomic E-state index is 11.9. The second-order valence-corrected chi connectivity index (χ2v) is 6.79. The van der Waals surface area contributed by atoms with E-state index >= 15 is 0 Å². The minimum Gasteiger partial charge on any atom is -0.483 e. The van der Waals surface area contributed by atoms with Crippen molar-refractivity contribution in [3.05, 3.63) is 53.1 Å². The Labute approximate surface area is 138 Å². The maximum absolute atomic E-state index is 11.9. The van der Waals surface area contributed by atoms with Crippen LogP contribution in [0, 0.1) is 6.92 Å². The molecule has 0 aliphatic carbocycles. The van der Waals surface area contributed by atoms with E-state index in [9.17, 15) is 19.1 Å². The van der Waals surface area contributed by atoms with Gasteiger partial charge in [0, 0.05) is 10.7 Å². The number of amides is 1. The van der Waals surface area contributed by atoms with Crippen molar-refractivity contribution in [1.82, 2.24) is 0 Å². The molecule has 0 saturated heterocycles. The molecule has 0 spiro atoms. The highest BCUT2D eigenvalue weighted by molar-refractivity contribution is 7.60. The van der Waals surface area contributed by atoms with Gasteiger partial charge in [0.05, 0.1) is 0 Å². The van der Waals surface area contributed by atoms with Crippen molar-refractivity contribution in [2.24, 2.45) is 0 Å². The summed E-state index contributed by atoms with van der Waals surface area (Å²) >= 11 is 5.97. The molecule has 0 unspecified atom stereocenters. The van der Waals surface area contributed by atoms with E-state index in [1.807, 2.05) is 6.92 Å². The number of hydrogen-bond donors (Lipinski definition) is 3. The van der Waals surface area contributed by atoms with Crippen LogP contribution in [0.3, 0.4) is 0 Å². The molecule has 2 aromatic rings. The van der Waals surface area contributed by atoms with E-state index in [1.54, 1.807) is 24.3 Å². The summed E-state index contributed by atoms with van der Waals surface area (Å²) in [6.45, 7) is 1.46. The van der Waals surface area contributed by atoms with Crippen LogP contribution in [0.4, 0.5) is 5.69 Å². The number of carbonyl (C=O) groups excluding carboxylic acids is 1. The molecule has 2 rings (SSSR count). The number of carbonyl (C=O) groups is 1. The number of aryl methyl sites for hydroxylation is 1. The molecule has 2 aromatic carbocycles. The van der Waals surface area contributed by atoms with Crippen molar-refractivity contribution < 1.29 is 23.9 Å². The van der Waals surface area contributed by atoms with E-state index in [2.05, 4.69) is 5.32 Å². The Morgan fingerprint density at radius 1 is 1.26 bits per heavy atom. The molecule has 0 bridgehead atoms. The summed E-state index contributed by atoms with van der Waals surface area (Å²) in [4.78, 5) is 30.4. The molecular formula is C15H15ClNO5P. The van der Waals surface area contributed by atoms with E-state index in [1.165, 1.54) is 18.2 Å². The summed E-state index contributed by atoms with van der Waals surface area (Å²) in [5.41, 5.74) is 1.40. The number of nitrogens with one attached hydrogen (secondary N) is 1. The zero-order valence-electron chi connectivity index (χ0n) is 12.2. The first-order chi connectivity index (χ1) is 10.8. The Kier molecular flexibility index (Phi) is 5.44. The molecule has 0 saturated carbocycles. The van der Waals surface area contributed by atoms with Crippen LogP contribution in [0.15, 0.2) is 42.5 Å². The third-order valence-electron chi connectivity index (χ3n) is 2.99. The normalized spacial score (nSPS) is 11.1. The largest absolute Gasteiger partial charge is 0.483 e. The van der Waals surface area contributed by atoms with E-state index in [0.29, 0.717) is 10.7 Å². The molecule has 0 aliphatic heterocycles. The van der Waals surface area contributed by atoms with Crippen molar-refractivity contribution in [1.29, 1.82) is 0 Å². The lowest BCUT2D eigenvalue weighted by Gasteiger charge is -2.12. The minimum absolute atomic E-state index is 0.0297. The van der Waals surface area contributed by atoms with Crippen LogP contribution in [0.25, 0.3) is 0 Å². The molecule has 122 valence electrons. The number of ether oxygens (including phenoxy) is 1. The van der Waals surface area contributed by atoms with Gasteiger partial charge in [0.2, 0.25) is 0 Å². The Hall–Kier alpha value is -1.85. The predicted molar refractivity (Wildman–Crippen MR) is 88.4 cm³/mol. The molecule has 0 fully saturated rings. The van der Waals surface area contributed by atoms with Gasteiger partial charge in [-0.15, -0.1) is 0 Å². The third kappa shape index (κ3) is 4.81. The van der Waals surface area contributed by atoms with E-state index < -0.39 is 13.5 Å². The monoisotopic (exact) mass is 355 g/mol. The SMILES string of the molecule is Cc1ccc(NC(=O)COc2ccccc2P(=O)(O)O)cc1Cl. The fraction of sp³-hybridized carbons (Fsp3) is 0.133. The number of rotatable bonds is 5. The second-order valence-electron chi connectivity index (χ2n) is 4.81. The number of halogens is 1. The van der Waals surface area contributed by atoms with Crippen LogP contribution >= 0.6 is 19.2 Å². The molecule has 6 nitrogen and oxygen atoms in total. The molecule has 8 heteroatoms. The zero-order chi connectivity index (χ0) is 17.0. The van der Waals surface area contributed by atoms with E-state index in [-0.39, 0.29) is 17.7 Å². The summed E-state index contributed by atoms with van der Waals surface area (Å²) in [7, 11) is -4.47. The van der Waals surface area contributed by atoms with E-state index in [4.69, 9.17) is 16.3 Å². The van der Waals surface area contributed by atoms with Crippen LogP contribution in [-0.2, 0) is 9.36 Å². The second kappa shape index (κ2) is 7.15. The highest BCUT2D eigenvalue weighted by Gasteiger charge is 2.22. The van der Waals surface area contributed by atoms with Gasteiger partial charge in [0.15, 0.2) is 6.61 Å². The smallest absolute Gasteiger partial charge is 0.359 e. The lowest BCUT2D eigenvalue weighted by atomic mass is 10.2. The van der Waals surface area contributed by atoms with Crippen molar-refractivity contribution >= 4 is 36.1 Å². The van der Waals surface area contributed by atoms with Gasteiger partial charge in [0.1, 0.15) is 11.1 Å². The van der Waals surface area contributed by atoms with Crippen molar-refractivity contribution in [3.8, 4) is 5.75 Å². The number of anilines is 1. The first kappa shape index (κ1) is 17.5. The Morgan fingerprint density at radius 3 is 2.61 bits per heavy atom. The molecule has 1 amide bonds. The fourth-order valence-corrected chi connectivity index (χ4v) is 2.72. The average molecular weight is 356 g/mol. The van der Waals surface area contributed by atoms with Crippen LogP contribution in [0.2, 0.25) is 5.02 Å². The van der Waals surface area contributed by atoms with Gasteiger partial charge in [-0.2, -0.15) is 0 Å². The molecule has 0 heterocycles. The van der Waals surface area contributed by atoms with Crippen LogP contribution in [0.1, 0.15) is 5.56 Å². The molecule has 0 radical (unpaired) electrons. The molecular weight excluding hydrogens is 341 g/mol. The summed E-state index contributed by atoms with van der Waals surface area (Å²) in [5.74, 6) is -0.497. The van der Waals surface area contributed by atoms with Crippen molar-refractivity contribution in [3.63, 3.8) is 0 Å². The van der Waals surface area contributed by atoms with Gasteiger partial charge < -0.3 is 19.8 Å². The lowest BCUT2D eigenvalue weighted by Crippen LogP contribution is -2.22. The standard InChI is InChI=1S/C15H15ClNO5P/c1-10-6-7-11(8-12(10)16)17-15(18)9-22-13-4-2-3-5-14(13)23(19,20)21/h2-8H,9H2,1H3,(H,17,18)(H2,19,20,21). The maximum Gasteiger partial charge on any atom is 0.359 e. The topological polar surface area (TPSA) is 95.9 Å². The Bertz CT molecular complexity index is 774. The van der Waals surface area contributed by atoms with E-state index in [0.717, 1.165) is 5.56 Å². The number of benzene rings is 2. The van der Waals surface area contributed by atoms with Gasteiger partial charge in [-0.25, -0.2) is 0 Å². The number of hydrogen-bond acceptors (Lipinski definition) is 3. The van der Waals surface area contributed by atoms with Crippen molar-refractivity contribution in [2.75, 3.05) is 11.9 Å². The fourth-order valence-electron chi connectivity index (χ4n) is 1.83. The van der Waals surface area contributed by atoms with Crippen LogP contribution in [0.5, 0.6) is 5.75 Å². The van der Waals surface area contributed by atoms with Crippen molar-refractivity contribution in [2.45, 2.75) is 6.92 Å². The molecule has 0 aliphatic rings. The summed E-state index contributed by atoms with van der Waals surface area (Å²) < 4.78 is 16.6. The Morgan fingerprint density at radius 2 is 1.96 bits per heavy atom. The molecule has 23 heavy (non-hydrogen) atoms. The summed E-state index contributed by atoms with van der Waals surface area (Å²) in [5, 5.41) is 2.86. The lowest BCUT2D eigenvalue weighted by molar-refractivity contribution is -0.118. The van der Waals surface area contributed by atoms with Gasteiger partial charge in [-0.3, -0.25) is 9.36 Å². The highest BCUT2D eigenvalue weighted by atomic mass is 35.5. The molecule has 0 atom stereocenters. The van der Waals surface area contributed by atoms with Crippen LogP contribution in [-0.4, -0.2) is 22.3 Å². The number of para-hydroxylation sites is 1. The zero-order valence-corrected chi connectivity index (χ0v) is 13.8. The predicted octanol–water partition coefficient (Wildman–Crippen LogP) is 2.47. The summed E-state index contributed by atoms with van der Waals surface area (Å²) in [6.07, 6.45) is 0. The summed E-state index contributed by atoms with van der Waals surface area (Å²) in [6, 6.07) is 10.8. The molecule has 3 N–H and O–H groups in total. The highest BCUT2D eigenvalue weighted by Crippen LogP contribution is 2.37. The molecule has 0 aromatic heterocycles. The van der Waals surface area contributed by atoms with Gasteiger partial charge in [-0.05, 0) is 36.8 Å². The first-order valence-electron chi connectivity index (χ1n) is 6.61. The van der Waals surface area contributed by atoms with Gasteiger partial charge >= 0.3 is 7.60 Å². The van der Waals surface area contributed by atoms with Gasteiger partial charge in [-0.1, -0.05) is 29.8 Å². The van der Waals surface area contributed by atoms with Gasteiger partial charge in [0.25, 0.3) is 5.91 Å².